The van der Waals surface area contributed by atoms with E-state index in [1.165, 1.54) is 11.3 Å². The summed E-state index contributed by atoms with van der Waals surface area (Å²) >= 11 is 7.26. The summed E-state index contributed by atoms with van der Waals surface area (Å²) in [5, 5.41) is 8.72. The highest BCUT2D eigenvalue weighted by atomic mass is 35.5. The van der Waals surface area contributed by atoms with Crippen LogP contribution in [0.3, 0.4) is 0 Å². The topological polar surface area (TPSA) is 39.9 Å². The zero-order valence-electron chi connectivity index (χ0n) is 9.22. The number of anilines is 1. The molecule has 0 fully saturated rings. The number of thiazole rings is 1. The zero-order valence-corrected chi connectivity index (χ0v) is 10.8. The van der Waals surface area contributed by atoms with Gasteiger partial charge in [-0.05, 0) is 24.3 Å². The summed E-state index contributed by atoms with van der Waals surface area (Å²) in [7, 11) is 2.00. The Morgan fingerprint density at radius 2 is 2.12 bits per heavy atom. The number of nitrogens with zero attached hydrogens (tertiary/aromatic N) is 3. The van der Waals surface area contributed by atoms with Gasteiger partial charge < -0.3 is 4.90 Å². The Morgan fingerprint density at radius 1 is 1.41 bits per heavy atom. The second-order valence-electron chi connectivity index (χ2n) is 3.59. The molecular formula is C12H10ClN3S. The van der Waals surface area contributed by atoms with Crippen molar-refractivity contribution in [3.05, 3.63) is 45.4 Å². The molecule has 0 spiro atoms. The highest BCUT2D eigenvalue weighted by Crippen LogP contribution is 2.22. The number of halogens is 1. The van der Waals surface area contributed by atoms with Gasteiger partial charge in [-0.15, -0.1) is 11.3 Å². The lowest BCUT2D eigenvalue weighted by molar-refractivity contribution is 0.937. The molecule has 5 heteroatoms. The molecule has 0 N–H and O–H groups in total. The van der Waals surface area contributed by atoms with E-state index in [1.807, 2.05) is 31.3 Å². The minimum atomic E-state index is 0.563. The van der Waals surface area contributed by atoms with Crippen molar-refractivity contribution in [2.24, 2.45) is 0 Å². The first kappa shape index (κ1) is 11.9. The van der Waals surface area contributed by atoms with Crippen LogP contribution in [-0.4, -0.2) is 12.0 Å². The van der Waals surface area contributed by atoms with Crippen LogP contribution in [0.25, 0.3) is 0 Å². The summed E-state index contributed by atoms with van der Waals surface area (Å²) in [6.07, 6.45) is 1.78. The van der Waals surface area contributed by atoms with Gasteiger partial charge in [0.25, 0.3) is 0 Å². The molecule has 2 aromatic rings. The highest BCUT2D eigenvalue weighted by Gasteiger charge is 2.05. The third-order valence-corrected chi connectivity index (χ3v) is 3.46. The lowest BCUT2D eigenvalue weighted by Crippen LogP contribution is -2.15. The van der Waals surface area contributed by atoms with E-state index < -0.39 is 0 Å². The van der Waals surface area contributed by atoms with E-state index >= 15 is 0 Å². The van der Waals surface area contributed by atoms with Crippen molar-refractivity contribution < 1.29 is 0 Å². The molecule has 86 valence electrons. The SMILES string of the molecule is CN(Cc1cnc(Cl)s1)c1ccc(C#N)cc1. The lowest BCUT2D eigenvalue weighted by Gasteiger charge is -2.17. The van der Waals surface area contributed by atoms with E-state index in [-0.39, 0.29) is 0 Å². The largest absolute Gasteiger partial charge is 0.369 e. The number of rotatable bonds is 3. The third-order valence-electron chi connectivity index (χ3n) is 2.36. The lowest BCUT2D eigenvalue weighted by atomic mass is 10.2. The van der Waals surface area contributed by atoms with Crippen LogP contribution in [0, 0.1) is 11.3 Å². The molecule has 0 atom stereocenters. The second-order valence-corrected chi connectivity index (χ2v) is 5.29. The fourth-order valence-electron chi connectivity index (χ4n) is 1.47. The van der Waals surface area contributed by atoms with Crippen LogP contribution in [0.15, 0.2) is 30.5 Å². The summed E-state index contributed by atoms with van der Waals surface area (Å²) in [5.74, 6) is 0. The van der Waals surface area contributed by atoms with E-state index in [2.05, 4.69) is 16.0 Å². The van der Waals surface area contributed by atoms with E-state index in [0.717, 1.165) is 17.1 Å². The van der Waals surface area contributed by atoms with Crippen molar-refractivity contribution in [3.8, 4) is 6.07 Å². The van der Waals surface area contributed by atoms with Crippen LogP contribution >= 0.6 is 22.9 Å². The fourth-order valence-corrected chi connectivity index (χ4v) is 2.50. The number of benzene rings is 1. The Bertz CT molecular complexity index is 542. The van der Waals surface area contributed by atoms with E-state index in [4.69, 9.17) is 16.9 Å². The van der Waals surface area contributed by atoms with Gasteiger partial charge in [-0.2, -0.15) is 5.26 Å². The van der Waals surface area contributed by atoms with Gasteiger partial charge in [0.15, 0.2) is 4.47 Å². The highest BCUT2D eigenvalue weighted by molar-refractivity contribution is 7.15. The molecule has 17 heavy (non-hydrogen) atoms. The van der Waals surface area contributed by atoms with Crippen molar-refractivity contribution in [2.45, 2.75) is 6.54 Å². The van der Waals surface area contributed by atoms with E-state index in [9.17, 15) is 0 Å². The summed E-state index contributed by atoms with van der Waals surface area (Å²) in [6.45, 7) is 0.760. The first-order chi connectivity index (χ1) is 8.19. The van der Waals surface area contributed by atoms with E-state index in [0.29, 0.717) is 10.0 Å². The van der Waals surface area contributed by atoms with Crippen molar-refractivity contribution in [1.82, 2.24) is 4.98 Å². The third kappa shape index (κ3) is 2.96. The Hall–Kier alpha value is -1.57. The molecule has 1 aromatic heterocycles. The summed E-state index contributed by atoms with van der Waals surface area (Å²) in [6, 6.07) is 9.59. The average Bonchev–Trinajstić information content (AvgIpc) is 2.75. The molecule has 3 nitrogen and oxygen atoms in total. The van der Waals surface area contributed by atoms with Gasteiger partial charge in [-0.1, -0.05) is 11.6 Å². The molecule has 0 saturated heterocycles. The first-order valence-electron chi connectivity index (χ1n) is 5.00. The maximum atomic E-state index is 8.72. The molecule has 0 saturated carbocycles. The van der Waals surface area contributed by atoms with Gasteiger partial charge in [-0.3, -0.25) is 0 Å². The maximum absolute atomic E-state index is 8.72. The normalized spacial score (nSPS) is 9.94. The molecule has 0 amide bonds. The summed E-state index contributed by atoms with van der Waals surface area (Å²) < 4.78 is 0.563. The molecule has 1 heterocycles. The van der Waals surface area contributed by atoms with Gasteiger partial charge in [-0.25, -0.2) is 4.98 Å². The predicted molar refractivity (Wildman–Crippen MR) is 70.4 cm³/mol. The molecule has 0 aliphatic heterocycles. The summed E-state index contributed by atoms with van der Waals surface area (Å²) in [5.41, 5.74) is 1.73. The van der Waals surface area contributed by atoms with Crippen LogP contribution in [0.4, 0.5) is 5.69 Å². The zero-order chi connectivity index (χ0) is 12.3. The fraction of sp³-hybridized carbons (Fsp3) is 0.167. The van der Waals surface area contributed by atoms with Gasteiger partial charge in [0.1, 0.15) is 0 Å². The number of aromatic nitrogens is 1. The van der Waals surface area contributed by atoms with Crippen LogP contribution in [-0.2, 0) is 6.54 Å². The van der Waals surface area contributed by atoms with Gasteiger partial charge >= 0.3 is 0 Å². The molecule has 0 aliphatic rings. The molecule has 0 radical (unpaired) electrons. The van der Waals surface area contributed by atoms with Gasteiger partial charge in [0.05, 0.1) is 18.2 Å². The van der Waals surface area contributed by atoms with Crippen molar-refractivity contribution in [2.75, 3.05) is 11.9 Å². The molecule has 0 unspecified atom stereocenters. The van der Waals surface area contributed by atoms with E-state index in [1.54, 1.807) is 6.20 Å². The van der Waals surface area contributed by atoms with Gasteiger partial charge in [0, 0.05) is 23.8 Å². The van der Waals surface area contributed by atoms with Crippen molar-refractivity contribution >= 4 is 28.6 Å². The molecule has 1 aromatic carbocycles. The average molecular weight is 264 g/mol. The molecule has 0 bridgehead atoms. The van der Waals surface area contributed by atoms with Crippen molar-refractivity contribution in [1.29, 1.82) is 5.26 Å². The summed E-state index contributed by atoms with van der Waals surface area (Å²) in [4.78, 5) is 7.21. The monoisotopic (exact) mass is 263 g/mol. The van der Waals surface area contributed by atoms with Gasteiger partial charge in [0.2, 0.25) is 0 Å². The smallest absolute Gasteiger partial charge is 0.183 e. The first-order valence-corrected chi connectivity index (χ1v) is 6.20. The number of hydrogen-bond acceptors (Lipinski definition) is 4. The van der Waals surface area contributed by atoms with Crippen molar-refractivity contribution in [3.63, 3.8) is 0 Å². The van der Waals surface area contributed by atoms with Crippen LogP contribution < -0.4 is 4.90 Å². The minimum Gasteiger partial charge on any atom is -0.369 e. The Morgan fingerprint density at radius 3 is 2.65 bits per heavy atom. The Balaban J connectivity index is 2.09. The standard InChI is InChI=1S/C12H10ClN3S/c1-16(8-11-7-15-12(13)17-11)10-4-2-9(6-14)3-5-10/h2-5,7H,8H2,1H3. The molecular weight excluding hydrogens is 254 g/mol. The number of nitriles is 1. The molecule has 0 aliphatic carbocycles. The van der Waals surface area contributed by atoms with Crippen LogP contribution in [0.1, 0.15) is 10.4 Å². The van der Waals surface area contributed by atoms with Crippen LogP contribution in [0.2, 0.25) is 4.47 Å². The molecule has 2 rings (SSSR count). The predicted octanol–water partition coefficient (Wildman–Crippen LogP) is 3.30. The second kappa shape index (κ2) is 5.17. The number of hydrogen-bond donors (Lipinski definition) is 0. The minimum absolute atomic E-state index is 0.563. The quantitative estimate of drug-likeness (QED) is 0.853. The Kier molecular flexibility index (Phi) is 3.62. The van der Waals surface area contributed by atoms with Crippen LogP contribution in [0.5, 0.6) is 0 Å². The maximum Gasteiger partial charge on any atom is 0.183 e. The Labute approximate surface area is 109 Å².